The van der Waals surface area contributed by atoms with Crippen LogP contribution < -0.4 is 15.4 Å². The second-order valence-corrected chi connectivity index (χ2v) is 4.62. The van der Waals surface area contributed by atoms with Crippen LogP contribution in [-0.4, -0.2) is 43.0 Å². The Morgan fingerprint density at radius 3 is 2.90 bits per heavy atom. The van der Waals surface area contributed by atoms with Gasteiger partial charge in [-0.25, -0.2) is 4.79 Å². The second kappa shape index (κ2) is 7.49. The predicted octanol–water partition coefficient (Wildman–Crippen LogP) is 1.45. The number of carbonyl (C=O) groups excluding carboxylic acids is 1. The number of hydrogen-bond donors (Lipinski definition) is 3. The number of urea groups is 1. The summed E-state index contributed by atoms with van der Waals surface area (Å²) in [6, 6.07) is 6.63. The van der Waals surface area contributed by atoms with E-state index in [-0.39, 0.29) is 19.1 Å². The molecule has 7 nitrogen and oxygen atoms in total. The van der Waals surface area contributed by atoms with E-state index in [1.54, 1.807) is 18.2 Å². The quantitative estimate of drug-likeness (QED) is 0.738. The van der Waals surface area contributed by atoms with Crippen molar-refractivity contribution in [2.75, 3.05) is 25.1 Å². The lowest BCUT2D eigenvalue weighted by Gasteiger charge is -2.16. The first kappa shape index (κ1) is 15.1. The lowest BCUT2D eigenvalue weighted by atomic mass is 10.2. The average Bonchev–Trinajstić information content (AvgIpc) is 2.93. The fourth-order valence-corrected chi connectivity index (χ4v) is 1.91. The first-order chi connectivity index (χ1) is 10.1. The van der Waals surface area contributed by atoms with Gasteiger partial charge in [0.15, 0.2) is 0 Å². The van der Waals surface area contributed by atoms with Crippen LogP contribution in [0.15, 0.2) is 24.3 Å². The summed E-state index contributed by atoms with van der Waals surface area (Å²) in [7, 11) is 0. The number of hydrogen-bond acceptors (Lipinski definition) is 4. The zero-order valence-corrected chi connectivity index (χ0v) is 11.5. The lowest BCUT2D eigenvalue weighted by Crippen LogP contribution is -2.31. The molecule has 0 spiro atoms. The molecule has 1 aromatic rings. The van der Waals surface area contributed by atoms with Crippen LogP contribution in [0, 0.1) is 0 Å². The maximum atomic E-state index is 11.7. The van der Waals surface area contributed by atoms with Crippen LogP contribution in [0.1, 0.15) is 12.8 Å². The molecule has 1 fully saturated rings. The molecule has 2 amide bonds. The number of benzene rings is 1. The Labute approximate surface area is 122 Å². The van der Waals surface area contributed by atoms with Crippen molar-refractivity contribution in [3.05, 3.63) is 24.3 Å². The van der Waals surface area contributed by atoms with Crippen molar-refractivity contribution in [2.45, 2.75) is 18.9 Å². The zero-order valence-electron chi connectivity index (χ0n) is 11.5. The van der Waals surface area contributed by atoms with Crippen LogP contribution in [0.2, 0.25) is 0 Å². The van der Waals surface area contributed by atoms with Gasteiger partial charge in [0.25, 0.3) is 0 Å². The predicted molar refractivity (Wildman–Crippen MR) is 75.6 cm³/mol. The molecule has 7 heteroatoms. The molecule has 21 heavy (non-hydrogen) atoms. The molecule has 1 atom stereocenters. The molecule has 2 rings (SSSR count). The Bertz CT molecular complexity index is 500. The molecule has 114 valence electrons. The van der Waals surface area contributed by atoms with Gasteiger partial charge in [-0.2, -0.15) is 0 Å². The number of carboxylic acid groups (broad SMARTS) is 1. The number of carbonyl (C=O) groups is 2. The van der Waals surface area contributed by atoms with E-state index >= 15 is 0 Å². The molecule has 1 aliphatic heterocycles. The summed E-state index contributed by atoms with van der Waals surface area (Å²) < 4.78 is 11.0. The van der Waals surface area contributed by atoms with E-state index in [0.717, 1.165) is 6.42 Å². The van der Waals surface area contributed by atoms with Crippen molar-refractivity contribution in [1.82, 2.24) is 5.32 Å². The van der Waals surface area contributed by atoms with Gasteiger partial charge < -0.3 is 25.2 Å². The van der Waals surface area contributed by atoms with E-state index in [1.165, 1.54) is 0 Å². The average molecular weight is 294 g/mol. The first-order valence-corrected chi connectivity index (χ1v) is 6.75. The van der Waals surface area contributed by atoms with Crippen molar-refractivity contribution in [1.29, 1.82) is 0 Å². The summed E-state index contributed by atoms with van der Waals surface area (Å²) in [5, 5.41) is 13.6. The number of carboxylic acids is 1. The normalized spacial score (nSPS) is 17.2. The summed E-state index contributed by atoms with van der Waals surface area (Å²) >= 11 is 0. The topological polar surface area (TPSA) is 96.9 Å². The van der Waals surface area contributed by atoms with E-state index in [2.05, 4.69) is 10.6 Å². The summed E-state index contributed by atoms with van der Waals surface area (Å²) in [6.45, 7) is 1.29. The SMILES string of the molecule is O=C(O)CCNC(=O)Nc1ccccc1OC1CCOC1. The standard InChI is InChI=1S/C14H18N2O5/c17-13(18)5-7-15-14(19)16-11-3-1-2-4-12(11)21-10-6-8-20-9-10/h1-4,10H,5-9H2,(H,17,18)(H2,15,16,19). The van der Waals surface area contributed by atoms with E-state index < -0.39 is 12.0 Å². The third kappa shape index (κ3) is 4.96. The Morgan fingerprint density at radius 2 is 2.19 bits per heavy atom. The van der Waals surface area contributed by atoms with E-state index in [9.17, 15) is 9.59 Å². The number of para-hydroxylation sites is 2. The van der Waals surface area contributed by atoms with Gasteiger partial charge in [-0.1, -0.05) is 12.1 Å². The Morgan fingerprint density at radius 1 is 1.38 bits per heavy atom. The van der Waals surface area contributed by atoms with Crippen LogP contribution >= 0.6 is 0 Å². The molecule has 0 radical (unpaired) electrons. The summed E-state index contributed by atoms with van der Waals surface area (Å²) in [4.78, 5) is 22.1. The summed E-state index contributed by atoms with van der Waals surface area (Å²) in [5.41, 5.74) is 0.539. The summed E-state index contributed by atoms with van der Waals surface area (Å²) in [6.07, 6.45) is 0.687. The molecule has 0 aromatic heterocycles. The third-order valence-corrected chi connectivity index (χ3v) is 2.94. The zero-order chi connectivity index (χ0) is 15.1. The highest BCUT2D eigenvalue weighted by molar-refractivity contribution is 5.91. The van der Waals surface area contributed by atoms with Gasteiger partial charge >= 0.3 is 12.0 Å². The van der Waals surface area contributed by atoms with Gasteiger partial charge in [0.05, 0.1) is 25.3 Å². The molecule has 1 aliphatic rings. The van der Waals surface area contributed by atoms with Crippen LogP contribution in [-0.2, 0) is 9.53 Å². The van der Waals surface area contributed by atoms with Crippen LogP contribution in [0.25, 0.3) is 0 Å². The van der Waals surface area contributed by atoms with Crippen molar-refractivity contribution < 1.29 is 24.2 Å². The lowest BCUT2D eigenvalue weighted by molar-refractivity contribution is -0.136. The molecule has 1 heterocycles. The molecular formula is C14H18N2O5. The second-order valence-electron chi connectivity index (χ2n) is 4.62. The Hall–Kier alpha value is -2.28. The maximum absolute atomic E-state index is 11.7. The molecule has 1 saturated heterocycles. The largest absolute Gasteiger partial charge is 0.486 e. The monoisotopic (exact) mass is 294 g/mol. The van der Waals surface area contributed by atoms with Crippen molar-refractivity contribution in [3.63, 3.8) is 0 Å². The van der Waals surface area contributed by atoms with Crippen molar-refractivity contribution in [2.24, 2.45) is 0 Å². The molecule has 0 saturated carbocycles. The van der Waals surface area contributed by atoms with Gasteiger partial charge in [-0.15, -0.1) is 0 Å². The fraction of sp³-hybridized carbons (Fsp3) is 0.429. The van der Waals surface area contributed by atoms with Gasteiger partial charge in [0.1, 0.15) is 11.9 Å². The number of anilines is 1. The number of ether oxygens (including phenoxy) is 2. The highest BCUT2D eigenvalue weighted by Gasteiger charge is 2.18. The number of nitrogens with one attached hydrogen (secondary N) is 2. The highest BCUT2D eigenvalue weighted by Crippen LogP contribution is 2.26. The fourth-order valence-electron chi connectivity index (χ4n) is 1.91. The number of aliphatic carboxylic acids is 1. The van der Waals surface area contributed by atoms with Gasteiger partial charge in [0, 0.05) is 13.0 Å². The minimum Gasteiger partial charge on any atom is -0.486 e. The Balaban J connectivity index is 1.89. The Kier molecular flexibility index (Phi) is 5.39. The molecule has 1 unspecified atom stereocenters. The van der Waals surface area contributed by atoms with Gasteiger partial charge in [-0.3, -0.25) is 4.79 Å². The molecule has 1 aromatic carbocycles. The van der Waals surface area contributed by atoms with Crippen molar-refractivity contribution >= 4 is 17.7 Å². The van der Waals surface area contributed by atoms with Gasteiger partial charge in [-0.05, 0) is 12.1 Å². The summed E-state index contributed by atoms with van der Waals surface area (Å²) in [5.74, 6) is -0.387. The van der Waals surface area contributed by atoms with Gasteiger partial charge in [0.2, 0.25) is 0 Å². The minimum atomic E-state index is -0.958. The first-order valence-electron chi connectivity index (χ1n) is 6.75. The molecule has 0 bridgehead atoms. The van der Waals surface area contributed by atoms with Crippen LogP contribution in [0.4, 0.5) is 10.5 Å². The van der Waals surface area contributed by atoms with E-state index in [0.29, 0.717) is 24.7 Å². The maximum Gasteiger partial charge on any atom is 0.319 e. The minimum absolute atomic E-state index is 0.0111. The molecular weight excluding hydrogens is 276 g/mol. The number of amides is 2. The van der Waals surface area contributed by atoms with Crippen molar-refractivity contribution in [3.8, 4) is 5.75 Å². The van der Waals surface area contributed by atoms with E-state index in [1.807, 2.05) is 6.07 Å². The molecule has 0 aliphatic carbocycles. The number of rotatable bonds is 6. The van der Waals surface area contributed by atoms with E-state index in [4.69, 9.17) is 14.6 Å². The molecule has 3 N–H and O–H groups in total. The smallest absolute Gasteiger partial charge is 0.319 e. The third-order valence-electron chi connectivity index (χ3n) is 2.94. The van der Waals surface area contributed by atoms with Crippen LogP contribution in [0.5, 0.6) is 5.75 Å². The highest BCUT2D eigenvalue weighted by atomic mass is 16.5. The van der Waals surface area contributed by atoms with Crippen LogP contribution in [0.3, 0.4) is 0 Å².